The molecule has 0 amide bonds. The fourth-order valence-electron chi connectivity index (χ4n) is 1.90. The molecule has 0 aliphatic rings. The van der Waals surface area contributed by atoms with Gasteiger partial charge in [0, 0.05) is 31.0 Å². The number of aryl methyl sites for hydroxylation is 1. The Hall–Kier alpha value is -2.36. The van der Waals surface area contributed by atoms with Crippen molar-refractivity contribution in [3.05, 3.63) is 59.4 Å². The number of hydrogen-bond donors (Lipinski definition) is 1. The molecule has 2 aromatic rings. The van der Waals surface area contributed by atoms with E-state index >= 15 is 0 Å². The normalized spacial score (nSPS) is 10.2. The van der Waals surface area contributed by atoms with Gasteiger partial charge in [0.2, 0.25) is 0 Å². The highest BCUT2D eigenvalue weighted by Crippen LogP contribution is 2.17. The van der Waals surface area contributed by atoms with Gasteiger partial charge >= 0.3 is 5.97 Å². The molecule has 1 N–H and O–H groups in total. The molecule has 4 heteroatoms. The summed E-state index contributed by atoms with van der Waals surface area (Å²) in [5.41, 5.74) is 3.06. The Morgan fingerprint density at radius 1 is 1.26 bits per heavy atom. The van der Waals surface area contributed by atoms with Crippen LogP contribution >= 0.6 is 0 Å². The predicted octanol–water partition coefficient (Wildman–Crippen LogP) is 2.72. The van der Waals surface area contributed by atoms with Gasteiger partial charge in [-0.15, -0.1) is 0 Å². The summed E-state index contributed by atoms with van der Waals surface area (Å²) < 4.78 is 0. The van der Waals surface area contributed by atoms with Crippen LogP contribution < -0.4 is 4.90 Å². The lowest BCUT2D eigenvalue weighted by atomic mass is 10.1. The first kappa shape index (κ1) is 13.1. The third-order valence-corrected chi connectivity index (χ3v) is 2.98. The monoisotopic (exact) mass is 256 g/mol. The van der Waals surface area contributed by atoms with E-state index in [4.69, 9.17) is 5.11 Å². The fourth-order valence-corrected chi connectivity index (χ4v) is 1.90. The number of carboxylic acid groups (broad SMARTS) is 1. The van der Waals surface area contributed by atoms with Gasteiger partial charge in [-0.2, -0.15) is 0 Å². The van der Waals surface area contributed by atoms with Crippen LogP contribution in [0.3, 0.4) is 0 Å². The van der Waals surface area contributed by atoms with Gasteiger partial charge in [-0.05, 0) is 25.1 Å². The zero-order valence-corrected chi connectivity index (χ0v) is 11.0. The van der Waals surface area contributed by atoms with Crippen molar-refractivity contribution in [3.8, 4) is 0 Å². The van der Waals surface area contributed by atoms with Crippen LogP contribution in [-0.4, -0.2) is 23.1 Å². The number of pyridine rings is 1. The van der Waals surface area contributed by atoms with Crippen molar-refractivity contribution in [1.82, 2.24) is 4.98 Å². The first-order valence-electron chi connectivity index (χ1n) is 6.03. The minimum Gasteiger partial charge on any atom is -0.477 e. The smallest absolute Gasteiger partial charge is 0.354 e. The first-order valence-corrected chi connectivity index (χ1v) is 6.03. The molecule has 0 unspecified atom stereocenters. The lowest BCUT2D eigenvalue weighted by Crippen LogP contribution is -2.19. The van der Waals surface area contributed by atoms with Gasteiger partial charge in [0.25, 0.3) is 0 Å². The second-order valence-corrected chi connectivity index (χ2v) is 4.51. The quantitative estimate of drug-likeness (QED) is 0.913. The Morgan fingerprint density at radius 3 is 2.58 bits per heavy atom. The number of carboxylic acids is 1. The number of carbonyl (C=O) groups is 1. The average molecular weight is 256 g/mol. The third-order valence-electron chi connectivity index (χ3n) is 2.98. The molecule has 0 saturated carbocycles. The van der Waals surface area contributed by atoms with E-state index in [0.717, 1.165) is 5.69 Å². The van der Waals surface area contributed by atoms with Gasteiger partial charge in [0.15, 0.2) is 5.69 Å². The van der Waals surface area contributed by atoms with Crippen molar-refractivity contribution in [2.75, 3.05) is 11.9 Å². The van der Waals surface area contributed by atoms with Gasteiger partial charge in [-0.25, -0.2) is 9.78 Å². The summed E-state index contributed by atoms with van der Waals surface area (Å²) in [5, 5.41) is 9.10. The summed E-state index contributed by atoms with van der Waals surface area (Å²) in [6.45, 7) is 2.55. The molecule has 0 aliphatic carbocycles. The van der Waals surface area contributed by atoms with E-state index in [0.29, 0.717) is 12.1 Å². The average Bonchev–Trinajstić information content (AvgIpc) is 2.39. The highest BCUT2D eigenvalue weighted by molar-refractivity contribution is 5.87. The van der Waals surface area contributed by atoms with Crippen molar-refractivity contribution in [3.63, 3.8) is 0 Å². The van der Waals surface area contributed by atoms with Crippen molar-refractivity contribution in [1.29, 1.82) is 0 Å². The number of aromatic carboxylic acids is 1. The molecule has 1 aromatic carbocycles. The molecular formula is C15H16N2O2. The molecule has 0 fully saturated rings. The van der Waals surface area contributed by atoms with Gasteiger partial charge in [-0.1, -0.05) is 23.8 Å². The first-order chi connectivity index (χ1) is 9.08. The zero-order valence-electron chi connectivity index (χ0n) is 11.0. The van der Waals surface area contributed by atoms with Crippen molar-refractivity contribution in [2.45, 2.75) is 13.5 Å². The second-order valence-electron chi connectivity index (χ2n) is 4.51. The molecule has 98 valence electrons. The third kappa shape index (κ3) is 3.10. The Balaban J connectivity index is 2.21. The van der Waals surface area contributed by atoms with Gasteiger partial charge < -0.3 is 10.0 Å². The van der Waals surface area contributed by atoms with Gasteiger partial charge in [-0.3, -0.25) is 0 Å². The minimum absolute atomic E-state index is 0.112. The maximum absolute atomic E-state index is 11.1. The predicted molar refractivity (Wildman–Crippen MR) is 74.5 cm³/mol. The molecule has 0 spiro atoms. The molecule has 1 aromatic heterocycles. The standard InChI is InChI=1S/C15H16N2O2/c1-11-5-7-13(8-6-11)17(2)10-12-4-3-9-16-14(12)15(18)19/h3-9H,10H2,1-2H3,(H,18,19). The molecule has 2 rings (SSSR count). The van der Waals surface area contributed by atoms with Crippen LogP contribution in [0.25, 0.3) is 0 Å². The molecule has 0 atom stereocenters. The summed E-state index contributed by atoms with van der Waals surface area (Å²) >= 11 is 0. The Bertz CT molecular complexity index is 579. The van der Waals surface area contributed by atoms with E-state index in [9.17, 15) is 4.79 Å². The highest BCUT2D eigenvalue weighted by Gasteiger charge is 2.12. The largest absolute Gasteiger partial charge is 0.477 e. The number of anilines is 1. The molecule has 0 bridgehead atoms. The van der Waals surface area contributed by atoms with Crippen molar-refractivity contribution < 1.29 is 9.90 Å². The van der Waals surface area contributed by atoms with Crippen LogP contribution in [-0.2, 0) is 6.54 Å². The van der Waals surface area contributed by atoms with Crippen molar-refractivity contribution in [2.24, 2.45) is 0 Å². The zero-order chi connectivity index (χ0) is 13.8. The lowest BCUT2D eigenvalue weighted by Gasteiger charge is -2.20. The molecular weight excluding hydrogens is 240 g/mol. The van der Waals surface area contributed by atoms with E-state index < -0.39 is 5.97 Å². The molecule has 0 radical (unpaired) electrons. The molecule has 19 heavy (non-hydrogen) atoms. The minimum atomic E-state index is -0.993. The topological polar surface area (TPSA) is 53.4 Å². The molecule has 0 saturated heterocycles. The Kier molecular flexibility index (Phi) is 3.80. The van der Waals surface area contributed by atoms with Crippen molar-refractivity contribution >= 4 is 11.7 Å². The van der Waals surface area contributed by atoms with Crippen LogP contribution in [0, 0.1) is 6.92 Å². The number of rotatable bonds is 4. The SMILES string of the molecule is Cc1ccc(N(C)Cc2cccnc2C(=O)O)cc1. The van der Waals surface area contributed by atoms with E-state index in [1.54, 1.807) is 12.1 Å². The number of aromatic nitrogens is 1. The number of benzene rings is 1. The summed E-state index contributed by atoms with van der Waals surface area (Å²) in [7, 11) is 1.93. The summed E-state index contributed by atoms with van der Waals surface area (Å²) in [6.07, 6.45) is 1.50. The van der Waals surface area contributed by atoms with Crippen LogP contribution in [0.5, 0.6) is 0 Å². The summed E-state index contributed by atoms with van der Waals surface area (Å²) in [6, 6.07) is 11.7. The highest BCUT2D eigenvalue weighted by atomic mass is 16.4. The molecule has 4 nitrogen and oxygen atoms in total. The van der Waals surface area contributed by atoms with Crippen LogP contribution in [0.15, 0.2) is 42.6 Å². The number of nitrogens with zero attached hydrogens (tertiary/aromatic N) is 2. The van der Waals surface area contributed by atoms with E-state index in [-0.39, 0.29) is 5.69 Å². The molecule has 0 aliphatic heterocycles. The van der Waals surface area contributed by atoms with E-state index in [2.05, 4.69) is 4.98 Å². The van der Waals surface area contributed by atoms with Crippen LogP contribution in [0.2, 0.25) is 0 Å². The Labute approximate surface area is 112 Å². The number of hydrogen-bond acceptors (Lipinski definition) is 3. The van der Waals surface area contributed by atoms with Gasteiger partial charge in [0.05, 0.1) is 0 Å². The van der Waals surface area contributed by atoms with Crippen LogP contribution in [0.1, 0.15) is 21.6 Å². The maximum atomic E-state index is 11.1. The summed E-state index contributed by atoms with van der Waals surface area (Å²) in [4.78, 5) is 17.0. The summed E-state index contributed by atoms with van der Waals surface area (Å²) in [5.74, 6) is -0.993. The molecule has 1 heterocycles. The van der Waals surface area contributed by atoms with E-state index in [1.807, 2.05) is 43.1 Å². The Morgan fingerprint density at radius 2 is 1.95 bits per heavy atom. The van der Waals surface area contributed by atoms with E-state index in [1.165, 1.54) is 11.8 Å². The lowest BCUT2D eigenvalue weighted by molar-refractivity contribution is 0.0689. The van der Waals surface area contributed by atoms with Gasteiger partial charge in [0.1, 0.15) is 0 Å². The second kappa shape index (κ2) is 5.52. The van der Waals surface area contributed by atoms with Crippen LogP contribution in [0.4, 0.5) is 5.69 Å². The fraction of sp³-hybridized carbons (Fsp3) is 0.200. The maximum Gasteiger partial charge on any atom is 0.354 e.